The van der Waals surface area contributed by atoms with Crippen molar-refractivity contribution in [3.05, 3.63) is 47.5 Å². The van der Waals surface area contributed by atoms with Crippen molar-refractivity contribution in [2.75, 3.05) is 32.8 Å². The molecule has 1 saturated heterocycles. The largest absolute Gasteiger partial charge is 0.491 e. The van der Waals surface area contributed by atoms with E-state index in [1.54, 1.807) is 0 Å². The molecular formula is C21H32N4O2. The van der Waals surface area contributed by atoms with Crippen molar-refractivity contribution in [1.29, 1.82) is 0 Å². The van der Waals surface area contributed by atoms with Gasteiger partial charge in [0.2, 0.25) is 0 Å². The van der Waals surface area contributed by atoms with E-state index in [4.69, 9.17) is 4.74 Å². The second-order valence-electron chi connectivity index (χ2n) is 7.41. The van der Waals surface area contributed by atoms with Gasteiger partial charge >= 0.3 is 0 Å². The van der Waals surface area contributed by atoms with E-state index in [1.165, 1.54) is 24.8 Å². The third-order valence-electron chi connectivity index (χ3n) is 4.91. The Hall–Kier alpha value is -1.89. The number of piperidine rings is 1. The Kier molecular flexibility index (Phi) is 7.68. The quantitative estimate of drug-likeness (QED) is 0.558. The van der Waals surface area contributed by atoms with Gasteiger partial charge in [-0.25, -0.2) is 4.98 Å². The molecule has 6 heteroatoms. The molecule has 0 bridgehead atoms. The predicted molar refractivity (Wildman–Crippen MR) is 107 cm³/mol. The summed E-state index contributed by atoms with van der Waals surface area (Å²) in [5.74, 6) is 1.83. The number of benzene rings is 1. The molecule has 1 fully saturated rings. The van der Waals surface area contributed by atoms with Crippen molar-refractivity contribution >= 4 is 0 Å². The number of aliphatic hydroxyl groups is 1. The summed E-state index contributed by atoms with van der Waals surface area (Å²) in [6.45, 7) is 6.95. The minimum absolute atomic E-state index is 0.344. The van der Waals surface area contributed by atoms with Crippen LogP contribution in [0.15, 0.2) is 30.5 Å². The SMILES string of the molecule is Cc1cnc(CCNCc2ccc(OCC(O)CN3CCCCC3)cc2)[nH]1. The van der Waals surface area contributed by atoms with Crippen molar-refractivity contribution in [3.63, 3.8) is 0 Å². The van der Waals surface area contributed by atoms with Gasteiger partial charge in [-0.2, -0.15) is 0 Å². The second-order valence-corrected chi connectivity index (χ2v) is 7.41. The smallest absolute Gasteiger partial charge is 0.119 e. The number of hydrogen-bond acceptors (Lipinski definition) is 5. The fourth-order valence-electron chi connectivity index (χ4n) is 3.42. The van der Waals surface area contributed by atoms with Crippen LogP contribution in [0.3, 0.4) is 0 Å². The van der Waals surface area contributed by atoms with E-state index in [9.17, 15) is 5.11 Å². The molecule has 1 atom stereocenters. The lowest BCUT2D eigenvalue weighted by Gasteiger charge is -2.28. The van der Waals surface area contributed by atoms with E-state index in [1.807, 2.05) is 25.3 Å². The Morgan fingerprint density at radius 3 is 2.70 bits per heavy atom. The molecule has 27 heavy (non-hydrogen) atoms. The maximum atomic E-state index is 10.2. The van der Waals surface area contributed by atoms with Gasteiger partial charge in [-0.1, -0.05) is 18.6 Å². The first-order valence-corrected chi connectivity index (χ1v) is 10.0. The lowest BCUT2D eigenvalue weighted by atomic mass is 10.1. The summed E-state index contributed by atoms with van der Waals surface area (Å²) in [6.07, 6.45) is 6.11. The van der Waals surface area contributed by atoms with Gasteiger partial charge in [0.25, 0.3) is 0 Å². The first kappa shape index (κ1) is 19.9. The number of aromatic nitrogens is 2. The molecule has 148 valence electrons. The molecule has 1 aromatic heterocycles. The summed E-state index contributed by atoms with van der Waals surface area (Å²) in [7, 11) is 0. The van der Waals surface area contributed by atoms with Gasteiger partial charge in [0.05, 0.1) is 0 Å². The van der Waals surface area contributed by atoms with Crippen LogP contribution in [-0.2, 0) is 13.0 Å². The Labute approximate surface area is 162 Å². The lowest BCUT2D eigenvalue weighted by molar-refractivity contribution is 0.0617. The van der Waals surface area contributed by atoms with Crippen molar-refractivity contribution < 1.29 is 9.84 Å². The van der Waals surface area contributed by atoms with Gasteiger partial charge in [0.15, 0.2) is 0 Å². The van der Waals surface area contributed by atoms with Gasteiger partial charge in [-0.3, -0.25) is 0 Å². The topological polar surface area (TPSA) is 73.4 Å². The van der Waals surface area contributed by atoms with E-state index in [2.05, 4.69) is 32.3 Å². The van der Waals surface area contributed by atoms with Crippen LogP contribution in [0, 0.1) is 6.92 Å². The minimum Gasteiger partial charge on any atom is -0.491 e. The number of hydrogen-bond donors (Lipinski definition) is 3. The molecule has 1 aromatic carbocycles. The van der Waals surface area contributed by atoms with Crippen LogP contribution in [0.4, 0.5) is 0 Å². The number of rotatable bonds is 10. The molecular weight excluding hydrogens is 340 g/mol. The van der Waals surface area contributed by atoms with Crippen LogP contribution >= 0.6 is 0 Å². The van der Waals surface area contributed by atoms with E-state index in [-0.39, 0.29) is 0 Å². The predicted octanol–water partition coefficient (Wildman–Crippen LogP) is 2.28. The summed E-state index contributed by atoms with van der Waals surface area (Å²) in [6, 6.07) is 8.08. The van der Waals surface area contributed by atoms with Crippen LogP contribution in [0.2, 0.25) is 0 Å². The number of likely N-dealkylation sites (tertiary alicyclic amines) is 1. The van der Waals surface area contributed by atoms with Crippen LogP contribution < -0.4 is 10.1 Å². The molecule has 3 rings (SSSR count). The van der Waals surface area contributed by atoms with Gasteiger partial charge in [-0.05, 0) is 50.6 Å². The average molecular weight is 373 g/mol. The molecule has 1 aliphatic heterocycles. The summed E-state index contributed by atoms with van der Waals surface area (Å²) >= 11 is 0. The highest BCUT2D eigenvalue weighted by atomic mass is 16.5. The Morgan fingerprint density at radius 1 is 1.22 bits per heavy atom. The van der Waals surface area contributed by atoms with E-state index in [0.717, 1.165) is 49.9 Å². The normalized spacial score (nSPS) is 16.4. The zero-order valence-corrected chi connectivity index (χ0v) is 16.3. The summed E-state index contributed by atoms with van der Waals surface area (Å²) in [4.78, 5) is 9.88. The first-order chi connectivity index (χ1) is 13.2. The Morgan fingerprint density at radius 2 is 2.00 bits per heavy atom. The van der Waals surface area contributed by atoms with Gasteiger partial charge in [0.1, 0.15) is 24.3 Å². The van der Waals surface area contributed by atoms with Crippen LogP contribution in [-0.4, -0.2) is 58.9 Å². The van der Waals surface area contributed by atoms with Gasteiger partial charge in [0, 0.05) is 37.9 Å². The fourth-order valence-corrected chi connectivity index (χ4v) is 3.42. The van der Waals surface area contributed by atoms with Crippen molar-refractivity contribution in [2.45, 2.75) is 45.3 Å². The van der Waals surface area contributed by atoms with Crippen molar-refractivity contribution in [3.8, 4) is 5.75 Å². The maximum absolute atomic E-state index is 10.2. The standard InChI is InChI=1S/C21H32N4O2/c1-17-13-23-21(24-17)9-10-22-14-18-5-7-20(8-6-18)27-16-19(26)15-25-11-3-2-4-12-25/h5-8,13,19,22,26H,2-4,9-12,14-16H2,1H3,(H,23,24). The highest BCUT2D eigenvalue weighted by molar-refractivity contribution is 5.27. The number of aliphatic hydroxyl groups excluding tert-OH is 1. The molecule has 0 saturated carbocycles. The minimum atomic E-state index is -0.435. The number of aromatic amines is 1. The lowest BCUT2D eigenvalue weighted by Crippen LogP contribution is -2.38. The summed E-state index contributed by atoms with van der Waals surface area (Å²) in [5.41, 5.74) is 2.31. The number of imidazole rings is 1. The first-order valence-electron chi connectivity index (χ1n) is 10.0. The van der Waals surface area contributed by atoms with E-state index in [0.29, 0.717) is 13.2 Å². The molecule has 2 heterocycles. The fraction of sp³-hybridized carbons (Fsp3) is 0.571. The Balaban J connectivity index is 1.32. The molecule has 3 N–H and O–H groups in total. The third-order valence-corrected chi connectivity index (χ3v) is 4.91. The molecule has 0 amide bonds. The number of nitrogens with one attached hydrogen (secondary N) is 2. The average Bonchev–Trinajstić information content (AvgIpc) is 3.10. The zero-order valence-electron chi connectivity index (χ0n) is 16.3. The molecule has 2 aromatic rings. The molecule has 0 spiro atoms. The van der Waals surface area contributed by atoms with E-state index >= 15 is 0 Å². The molecule has 1 aliphatic rings. The number of β-amino-alcohol motifs (C(OH)–C–C–N with tert-alkyl or cyclic N) is 1. The summed E-state index contributed by atoms with van der Waals surface area (Å²) < 4.78 is 5.74. The van der Waals surface area contributed by atoms with E-state index < -0.39 is 6.10 Å². The molecule has 6 nitrogen and oxygen atoms in total. The molecule has 1 unspecified atom stereocenters. The van der Waals surface area contributed by atoms with Gasteiger partial charge < -0.3 is 25.0 Å². The van der Waals surface area contributed by atoms with Crippen LogP contribution in [0.1, 0.15) is 36.3 Å². The third kappa shape index (κ3) is 6.97. The zero-order chi connectivity index (χ0) is 18.9. The number of H-pyrrole nitrogens is 1. The Bertz CT molecular complexity index is 665. The monoisotopic (exact) mass is 372 g/mol. The highest BCUT2D eigenvalue weighted by Crippen LogP contribution is 2.13. The number of nitrogens with zero attached hydrogens (tertiary/aromatic N) is 2. The van der Waals surface area contributed by atoms with Crippen LogP contribution in [0.25, 0.3) is 0 Å². The number of ether oxygens (including phenoxy) is 1. The number of aryl methyl sites for hydroxylation is 1. The van der Waals surface area contributed by atoms with Gasteiger partial charge in [-0.15, -0.1) is 0 Å². The maximum Gasteiger partial charge on any atom is 0.119 e. The second kappa shape index (κ2) is 10.4. The van der Waals surface area contributed by atoms with Crippen molar-refractivity contribution in [2.24, 2.45) is 0 Å². The van der Waals surface area contributed by atoms with Crippen molar-refractivity contribution in [1.82, 2.24) is 20.2 Å². The highest BCUT2D eigenvalue weighted by Gasteiger charge is 2.15. The molecule has 0 aliphatic carbocycles. The van der Waals surface area contributed by atoms with Crippen LogP contribution in [0.5, 0.6) is 5.75 Å². The molecule has 0 radical (unpaired) electrons. The summed E-state index contributed by atoms with van der Waals surface area (Å²) in [5, 5.41) is 13.6.